The van der Waals surface area contributed by atoms with E-state index >= 15 is 0 Å². The summed E-state index contributed by atoms with van der Waals surface area (Å²) in [6.45, 7) is 5.04. The molecule has 1 atom stereocenters. The summed E-state index contributed by atoms with van der Waals surface area (Å²) in [5, 5.41) is 0. The van der Waals surface area contributed by atoms with Crippen LogP contribution >= 0.6 is 0 Å². The van der Waals surface area contributed by atoms with E-state index in [1.54, 1.807) is 0 Å². The average Bonchev–Trinajstić information content (AvgIpc) is 2.17. The second-order valence-electron chi connectivity index (χ2n) is 3.54. The van der Waals surface area contributed by atoms with Crippen molar-refractivity contribution < 1.29 is 4.74 Å². The largest absolute Gasteiger partial charge is 0.494 e. The van der Waals surface area contributed by atoms with Gasteiger partial charge >= 0.3 is 0 Å². The molecule has 0 N–H and O–H groups in total. The highest BCUT2D eigenvalue weighted by molar-refractivity contribution is 5.18. The number of hydrogen-bond acceptors (Lipinski definition) is 1. The maximum Gasteiger partial charge on any atom is 0.115 e. The van der Waals surface area contributed by atoms with E-state index in [0.29, 0.717) is 0 Å². The third-order valence-corrected chi connectivity index (χ3v) is 2.39. The Bertz CT molecular complexity index is 191. The lowest BCUT2D eigenvalue weighted by molar-refractivity contribution is 0.238. The zero-order valence-corrected chi connectivity index (χ0v) is 8.75. The molecule has 0 saturated heterocycles. The van der Waals surface area contributed by atoms with Gasteiger partial charge in [0.2, 0.25) is 0 Å². The number of ether oxygens (including phenoxy) is 1. The van der Waals surface area contributed by atoms with Crippen LogP contribution in [0.1, 0.15) is 39.5 Å². The minimum Gasteiger partial charge on any atom is -0.494 e. The van der Waals surface area contributed by atoms with Gasteiger partial charge in [-0.15, -0.1) is 0 Å². The Morgan fingerprint density at radius 1 is 1.46 bits per heavy atom. The van der Waals surface area contributed by atoms with E-state index in [2.05, 4.69) is 25.2 Å². The Kier molecular flexibility index (Phi) is 4.66. The molecule has 0 bridgehead atoms. The van der Waals surface area contributed by atoms with Crippen molar-refractivity contribution in [2.45, 2.75) is 39.5 Å². The van der Waals surface area contributed by atoms with Crippen LogP contribution in [0.3, 0.4) is 0 Å². The number of unbranched alkanes of at least 4 members (excludes halogenated alkanes) is 1. The molecule has 0 amide bonds. The van der Waals surface area contributed by atoms with Gasteiger partial charge in [0.15, 0.2) is 0 Å². The Hall–Kier alpha value is -0.720. The molecule has 1 rings (SSSR count). The summed E-state index contributed by atoms with van der Waals surface area (Å²) < 4.78 is 5.41. The first-order chi connectivity index (χ1) is 6.36. The van der Waals surface area contributed by atoms with Crippen molar-refractivity contribution in [2.75, 3.05) is 6.61 Å². The first-order valence-electron chi connectivity index (χ1n) is 5.38. The summed E-state index contributed by atoms with van der Waals surface area (Å²) in [5.41, 5.74) is 0. The van der Waals surface area contributed by atoms with Crippen molar-refractivity contribution in [1.82, 2.24) is 0 Å². The minimum atomic E-state index is 0.754. The van der Waals surface area contributed by atoms with E-state index < -0.39 is 0 Å². The van der Waals surface area contributed by atoms with E-state index in [-0.39, 0.29) is 0 Å². The standard InChI is InChI=1S/C12H20O/c1-3-5-6-11-7-9-12(10-8-11)13-4-2/h7,9-11H,3-6,8H2,1-2H3. The fourth-order valence-corrected chi connectivity index (χ4v) is 1.60. The molecule has 0 aromatic carbocycles. The summed E-state index contributed by atoms with van der Waals surface area (Å²) in [5.74, 6) is 1.81. The molecule has 1 aliphatic carbocycles. The molecule has 74 valence electrons. The van der Waals surface area contributed by atoms with Gasteiger partial charge < -0.3 is 4.74 Å². The SMILES string of the molecule is CCCCC1C=CC(OCC)=CC1. The molecular weight excluding hydrogens is 160 g/mol. The van der Waals surface area contributed by atoms with Crippen LogP contribution in [-0.2, 0) is 4.74 Å². The minimum absolute atomic E-state index is 0.754. The zero-order valence-electron chi connectivity index (χ0n) is 8.75. The topological polar surface area (TPSA) is 9.23 Å². The van der Waals surface area contributed by atoms with Crippen LogP contribution in [0.2, 0.25) is 0 Å². The molecule has 1 nitrogen and oxygen atoms in total. The Morgan fingerprint density at radius 3 is 2.85 bits per heavy atom. The van der Waals surface area contributed by atoms with Crippen molar-refractivity contribution in [3.8, 4) is 0 Å². The third-order valence-electron chi connectivity index (χ3n) is 2.39. The first-order valence-corrected chi connectivity index (χ1v) is 5.38. The molecule has 1 heteroatoms. The molecule has 0 aromatic heterocycles. The molecule has 13 heavy (non-hydrogen) atoms. The molecule has 0 heterocycles. The smallest absolute Gasteiger partial charge is 0.115 e. The van der Waals surface area contributed by atoms with Crippen molar-refractivity contribution in [2.24, 2.45) is 5.92 Å². The van der Waals surface area contributed by atoms with Crippen molar-refractivity contribution >= 4 is 0 Å². The normalized spacial score (nSPS) is 21.4. The summed E-state index contributed by atoms with van der Waals surface area (Å²) >= 11 is 0. The van der Waals surface area contributed by atoms with Gasteiger partial charge in [0, 0.05) is 0 Å². The van der Waals surface area contributed by atoms with Gasteiger partial charge in [-0.25, -0.2) is 0 Å². The predicted octanol–water partition coefficient (Wildman–Crippen LogP) is 3.67. The highest BCUT2D eigenvalue weighted by atomic mass is 16.5. The van der Waals surface area contributed by atoms with Gasteiger partial charge in [0.05, 0.1) is 6.61 Å². The summed E-state index contributed by atoms with van der Waals surface area (Å²) in [4.78, 5) is 0. The maximum absolute atomic E-state index is 5.41. The van der Waals surface area contributed by atoms with Gasteiger partial charge in [-0.2, -0.15) is 0 Å². The molecular formula is C12H20O. The van der Waals surface area contributed by atoms with Crippen LogP contribution < -0.4 is 0 Å². The lowest BCUT2D eigenvalue weighted by atomic mass is 9.94. The highest BCUT2D eigenvalue weighted by Gasteiger charge is 2.07. The van der Waals surface area contributed by atoms with Gasteiger partial charge in [-0.05, 0) is 37.8 Å². The number of allylic oxidation sites excluding steroid dienone is 3. The van der Waals surface area contributed by atoms with Crippen LogP contribution in [0.15, 0.2) is 24.0 Å². The molecule has 0 aliphatic heterocycles. The summed E-state index contributed by atoms with van der Waals surface area (Å²) in [6, 6.07) is 0. The third kappa shape index (κ3) is 3.67. The lowest BCUT2D eigenvalue weighted by Gasteiger charge is -2.15. The molecule has 0 saturated carbocycles. The Labute approximate surface area is 81.5 Å². The quantitative estimate of drug-likeness (QED) is 0.627. The first kappa shape index (κ1) is 10.4. The van der Waals surface area contributed by atoms with E-state index in [1.807, 2.05) is 6.92 Å². The van der Waals surface area contributed by atoms with Crippen molar-refractivity contribution in [3.05, 3.63) is 24.0 Å². The van der Waals surface area contributed by atoms with Crippen LogP contribution in [0.25, 0.3) is 0 Å². The fraction of sp³-hybridized carbons (Fsp3) is 0.667. The Morgan fingerprint density at radius 2 is 2.31 bits per heavy atom. The van der Waals surface area contributed by atoms with Crippen LogP contribution in [0.5, 0.6) is 0 Å². The predicted molar refractivity (Wildman–Crippen MR) is 56.5 cm³/mol. The van der Waals surface area contributed by atoms with E-state index in [0.717, 1.165) is 24.7 Å². The number of hydrogen-bond donors (Lipinski definition) is 0. The second-order valence-corrected chi connectivity index (χ2v) is 3.54. The maximum atomic E-state index is 5.41. The van der Waals surface area contributed by atoms with Crippen molar-refractivity contribution in [3.63, 3.8) is 0 Å². The summed E-state index contributed by atoms with van der Waals surface area (Å²) in [6.07, 6.45) is 11.7. The van der Waals surface area contributed by atoms with Gasteiger partial charge in [-0.1, -0.05) is 25.8 Å². The molecule has 0 spiro atoms. The highest BCUT2D eigenvalue weighted by Crippen LogP contribution is 2.21. The van der Waals surface area contributed by atoms with Crippen LogP contribution in [0, 0.1) is 5.92 Å². The lowest BCUT2D eigenvalue weighted by Crippen LogP contribution is -2.01. The molecule has 1 aliphatic rings. The van der Waals surface area contributed by atoms with Gasteiger partial charge in [-0.3, -0.25) is 0 Å². The summed E-state index contributed by atoms with van der Waals surface area (Å²) in [7, 11) is 0. The average molecular weight is 180 g/mol. The van der Waals surface area contributed by atoms with Gasteiger partial charge in [0.25, 0.3) is 0 Å². The van der Waals surface area contributed by atoms with E-state index in [1.165, 1.54) is 19.3 Å². The fourth-order valence-electron chi connectivity index (χ4n) is 1.60. The van der Waals surface area contributed by atoms with Crippen LogP contribution in [0.4, 0.5) is 0 Å². The van der Waals surface area contributed by atoms with E-state index in [9.17, 15) is 0 Å². The van der Waals surface area contributed by atoms with Crippen LogP contribution in [-0.4, -0.2) is 6.61 Å². The number of rotatable bonds is 5. The zero-order chi connectivity index (χ0) is 9.52. The molecule has 0 aromatic rings. The molecule has 0 radical (unpaired) electrons. The molecule has 1 unspecified atom stereocenters. The Balaban J connectivity index is 2.26. The van der Waals surface area contributed by atoms with Crippen molar-refractivity contribution in [1.29, 1.82) is 0 Å². The van der Waals surface area contributed by atoms with Gasteiger partial charge in [0.1, 0.15) is 5.76 Å². The monoisotopic (exact) mass is 180 g/mol. The van der Waals surface area contributed by atoms with E-state index in [4.69, 9.17) is 4.74 Å². The second kappa shape index (κ2) is 5.85. The molecule has 0 fully saturated rings.